The quantitative estimate of drug-likeness (QED) is 0.841. The molecular formula is C18H18ClN3O3. The fourth-order valence-corrected chi connectivity index (χ4v) is 2.67. The predicted octanol–water partition coefficient (Wildman–Crippen LogP) is 3.97. The van der Waals surface area contributed by atoms with Gasteiger partial charge in [-0.1, -0.05) is 11.6 Å². The summed E-state index contributed by atoms with van der Waals surface area (Å²) in [4.78, 5) is 29.8. The summed E-state index contributed by atoms with van der Waals surface area (Å²) in [6.45, 7) is 1.48. The number of piperidine rings is 1. The molecule has 1 aliphatic rings. The van der Waals surface area contributed by atoms with Gasteiger partial charge in [-0.3, -0.25) is 4.79 Å². The lowest BCUT2D eigenvalue weighted by atomic mass is 10.1. The van der Waals surface area contributed by atoms with Crippen LogP contribution in [0.3, 0.4) is 0 Å². The van der Waals surface area contributed by atoms with Crippen molar-refractivity contribution in [2.45, 2.75) is 19.3 Å². The van der Waals surface area contributed by atoms with Crippen LogP contribution in [0.2, 0.25) is 5.15 Å². The first-order chi connectivity index (χ1) is 12.1. The summed E-state index contributed by atoms with van der Waals surface area (Å²) in [5, 5.41) is 3.08. The van der Waals surface area contributed by atoms with E-state index < -0.39 is 0 Å². The molecule has 1 saturated heterocycles. The number of aromatic nitrogens is 1. The number of pyridine rings is 1. The van der Waals surface area contributed by atoms with E-state index in [4.69, 9.17) is 16.3 Å². The molecule has 0 spiro atoms. The second-order valence-electron chi connectivity index (χ2n) is 5.76. The number of hydrogen-bond donors (Lipinski definition) is 1. The molecule has 2 aromatic rings. The Kier molecular flexibility index (Phi) is 5.50. The van der Waals surface area contributed by atoms with Crippen LogP contribution in [0.25, 0.3) is 0 Å². The van der Waals surface area contributed by atoms with Gasteiger partial charge in [0.25, 0.3) is 5.91 Å². The molecular weight excluding hydrogens is 342 g/mol. The number of benzene rings is 1. The van der Waals surface area contributed by atoms with Gasteiger partial charge in [-0.15, -0.1) is 0 Å². The minimum absolute atomic E-state index is 0.290. The number of carbonyl (C=O) groups is 2. The first kappa shape index (κ1) is 17.2. The Hall–Kier alpha value is -2.60. The Morgan fingerprint density at radius 1 is 1.04 bits per heavy atom. The number of halogens is 1. The molecule has 1 aromatic carbocycles. The molecule has 7 heteroatoms. The summed E-state index contributed by atoms with van der Waals surface area (Å²) in [6, 6.07) is 9.81. The number of rotatable bonds is 3. The highest BCUT2D eigenvalue weighted by atomic mass is 35.5. The van der Waals surface area contributed by atoms with Crippen molar-refractivity contribution >= 4 is 29.3 Å². The van der Waals surface area contributed by atoms with Crippen molar-refractivity contribution in [3.05, 3.63) is 53.3 Å². The van der Waals surface area contributed by atoms with Gasteiger partial charge in [0.1, 0.15) is 10.9 Å². The number of ether oxygens (including phenoxy) is 1. The number of likely N-dealkylation sites (tertiary alicyclic amines) is 1. The van der Waals surface area contributed by atoms with E-state index in [2.05, 4.69) is 10.3 Å². The van der Waals surface area contributed by atoms with Gasteiger partial charge in [-0.05, 0) is 55.7 Å². The number of hydrogen-bond acceptors (Lipinski definition) is 4. The molecule has 6 nitrogen and oxygen atoms in total. The Morgan fingerprint density at radius 2 is 1.76 bits per heavy atom. The van der Waals surface area contributed by atoms with Crippen molar-refractivity contribution in [1.82, 2.24) is 9.88 Å². The molecule has 0 radical (unpaired) electrons. The lowest BCUT2D eigenvalue weighted by Crippen LogP contribution is -2.37. The molecule has 1 N–H and O–H groups in total. The van der Waals surface area contributed by atoms with E-state index in [1.165, 1.54) is 6.20 Å². The highest BCUT2D eigenvalue weighted by Gasteiger charge is 2.18. The van der Waals surface area contributed by atoms with Gasteiger partial charge in [-0.25, -0.2) is 9.78 Å². The van der Waals surface area contributed by atoms with E-state index >= 15 is 0 Å². The Labute approximate surface area is 150 Å². The van der Waals surface area contributed by atoms with Gasteiger partial charge in [-0.2, -0.15) is 0 Å². The maximum Gasteiger partial charge on any atom is 0.415 e. The third kappa shape index (κ3) is 4.70. The minimum Gasteiger partial charge on any atom is -0.410 e. The highest BCUT2D eigenvalue weighted by molar-refractivity contribution is 6.29. The van der Waals surface area contributed by atoms with Crippen molar-refractivity contribution in [1.29, 1.82) is 0 Å². The second-order valence-corrected chi connectivity index (χ2v) is 6.15. The fraction of sp³-hybridized carbons (Fsp3) is 0.278. The molecule has 2 heterocycles. The second kappa shape index (κ2) is 7.98. The Bertz CT molecular complexity index is 741. The van der Waals surface area contributed by atoms with Crippen LogP contribution in [0.4, 0.5) is 10.5 Å². The third-order valence-corrected chi connectivity index (χ3v) is 4.14. The van der Waals surface area contributed by atoms with Crippen LogP contribution in [0, 0.1) is 0 Å². The first-order valence-electron chi connectivity index (χ1n) is 8.11. The van der Waals surface area contributed by atoms with Crippen molar-refractivity contribution < 1.29 is 14.3 Å². The molecule has 1 aliphatic heterocycles. The number of nitrogens with zero attached hydrogens (tertiary/aromatic N) is 2. The van der Waals surface area contributed by atoms with Crippen LogP contribution in [0.1, 0.15) is 29.6 Å². The molecule has 0 bridgehead atoms. The molecule has 2 amide bonds. The molecule has 0 unspecified atom stereocenters. The van der Waals surface area contributed by atoms with Crippen LogP contribution in [-0.4, -0.2) is 35.0 Å². The van der Waals surface area contributed by atoms with Crippen LogP contribution in [0.5, 0.6) is 5.75 Å². The van der Waals surface area contributed by atoms with E-state index in [9.17, 15) is 9.59 Å². The highest BCUT2D eigenvalue weighted by Crippen LogP contribution is 2.18. The maximum absolute atomic E-state index is 12.1. The van der Waals surface area contributed by atoms with Gasteiger partial charge in [0.15, 0.2) is 0 Å². The first-order valence-corrected chi connectivity index (χ1v) is 8.49. The number of nitrogens with one attached hydrogen (secondary N) is 1. The molecule has 25 heavy (non-hydrogen) atoms. The normalized spacial score (nSPS) is 14.0. The predicted molar refractivity (Wildman–Crippen MR) is 95.1 cm³/mol. The average molecular weight is 360 g/mol. The topological polar surface area (TPSA) is 71.5 Å². The molecule has 3 rings (SSSR count). The van der Waals surface area contributed by atoms with Crippen LogP contribution in [0.15, 0.2) is 42.6 Å². The van der Waals surface area contributed by atoms with Crippen molar-refractivity contribution in [3.63, 3.8) is 0 Å². The summed E-state index contributed by atoms with van der Waals surface area (Å²) < 4.78 is 5.36. The zero-order chi connectivity index (χ0) is 17.6. The lowest BCUT2D eigenvalue weighted by Gasteiger charge is -2.25. The van der Waals surface area contributed by atoms with Gasteiger partial charge in [0, 0.05) is 25.0 Å². The third-order valence-electron chi connectivity index (χ3n) is 3.92. The van der Waals surface area contributed by atoms with Crippen molar-refractivity contribution in [2.75, 3.05) is 18.4 Å². The van der Waals surface area contributed by atoms with E-state index in [1.54, 1.807) is 41.3 Å². The molecule has 0 aliphatic carbocycles. The zero-order valence-corrected chi connectivity index (χ0v) is 14.3. The van der Waals surface area contributed by atoms with Gasteiger partial charge >= 0.3 is 6.09 Å². The average Bonchev–Trinajstić information content (AvgIpc) is 2.64. The van der Waals surface area contributed by atoms with Crippen molar-refractivity contribution in [3.8, 4) is 5.75 Å². The van der Waals surface area contributed by atoms with E-state index in [1.807, 2.05) is 0 Å². The standard InChI is InChI=1S/C18H18ClN3O3/c19-16-9-4-13(12-20-16)17(23)21-14-5-7-15(8-6-14)25-18(24)22-10-2-1-3-11-22/h4-9,12H,1-3,10-11H2,(H,21,23). The molecule has 130 valence electrons. The minimum atomic E-state index is -0.330. The molecule has 1 fully saturated rings. The zero-order valence-electron chi connectivity index (χ0n) is 13.6. The van der Waals surface area contributed by atoms with E-state index in [0.29, 0.717) is 22.2 Å². The summed E-state index contributed by atoms with van der Waals surface area (Å²) in [7, 11) is 0. The van der Waals surface area contributed by atoms with Crippen molar-refractivity contribution in [2.24, 2.45) is 0 Å². The number of carbonyl (C=O) groups excluding carboxylic acids is 2. The summed E-state index contributed by atoms with van der Waals surface area (Å²) in [6.07, 6.45) is 4.26. The van der Waals surface area contributed by atoms with Gasteiger partial charge in [0.2, 0.25) is 0 Å². The van der Waals surface area contributed by atoms with Gasteiger partial charge in [0.05, 0.1) is 5.56 Å². The smallest absolute Gasteiger partial charge is 0.410 e. The summed E-state index contributed by atoms with van der Waals surface area (Å²) >= 11 is 5.70. The number of amides is 2. The largest absolute Gasteiger partial charge is 0.415 e. The van der Waals surface area contributed by atoms with Crippen LogP contribution >= 0.6 is 11.6 Å². The summed E-state index contributed by atoms with van der Waals surface area (Å²) in [5.74, 6) is 0.156. The maximum atomic E-state index is 12.1. The monoisotopic (exact) mass is 359 g/mol. The SMILES string of the molecule is O=C(Nc1ccc(OC(=O)N2CCCCC2)cc1)c1ccc(Cl)nc1. The molecule has 0 saturated carbocycles. The molecule has 0 atom stereocenters. The Balaban J connectivity index is 1.57. The van der Waals surface area contributed by atoms with E-state index in [-0.39, 0.29) is 12.0 Å². The summed E-state index contributed by atoms with van der Waals surface area (Å²) in [5.41, 5.74) is 1.00. The van der Waals surface area contributed by atoms with Crippen LogP contribution in [-0.2, 0) is 0 Å². The molecule has 1 aromatic heterocycles. The number of anilines is 1. The van der Waals surface area contributed by atoms with Crippen LogP contribution < -0.4 is 10.1 Å². The Morgan fingerprint density at radius 3 is 2.40 bits per heavy atom. The van der Waals surface area contributed by atoms with E-state index in [0.717, 1.165) is 32.4 Å². The van der Waals surface area contributed by atoms with Gasteiger partial charge < -0.3 is 15.0 Å². The lowest BCUT2D eigenvalue weighted by molar-refractivity contribution is 0.102. The fourth-order valence-electron chi connectivity index (χ4n) is 2.56.